The van der Waals surface area contributed by atoms with Crippen molar-refractivity contribution in [2.45, 2.75) is 12.8 Å². The van der Waals surface area contributed by atoms with Crippen molar-refractivity contribution >= 4 is 5.97 Å². The van der Waals surface area contributed by atoms with Crippen LogP contribution in [-0.4, -0.2) is 24.8 Å². The van der Waals surface area contributed by atoms with E-state index in [2.05, 4.69) is 0 Å². The maximum atomic E-state index is 11.2. The van der Waals surface area contributed by atoms with Crippen LogP contribution in [-0.2, 0) is 9.53 Å². The quantitative estimate of drug-likeness (QED) is 0.611. The summed E-state index contributed by atoms with van der Waals surface area (Å²) in [4.78, 5) is 11.2. The van der Waals surface area contributed by atoms with Gasteiger partial charge in [-0.2, -0.15) is 0 Å². The fourth-order valence-electron chi connectivity index (χ4n) is 2.80. The molecule has 12 heavy (non-hydrogen) atoms. The molecule has 2 bridgehead atoms. The Hall–Kier alpha value is -0.570. The number of hydrogen-bond donors (Lipinski definition) is 1. The van der Waals surface area contributed by atoms with Gasteiger partial charge in [0.15, 0.2) is 0 Å². The van der Waals surface area contributed by atoms with Gasteiger partial charge in [-0.1, -0.05) is 0 Å². The average Bonchev–Trinajstić information content (AvgIpc) is 2.59. The maximum Gasteiger partial charge on any atom is 0.309 e. The Kier molecular flexibility index (Phi) is 1.83. The van der Waals surface area contributed by atoms with E-state index in [-0.39, 0.29) is 18.5 Å². The highest BCUT2D eigenvalue weighted by Gasteiger charge is 2.56. The largest absolute Gasteiger partial charge is 0.469 e. The Morgan fingerprint density at radius 1 is 1.58 bits per heavy atom. The van der Waals surface area contributed by atoms with Gasteiger partial charge in [0.1, 0.15) is 0 Å². The molecule has 0 aromatic heterocycles. The summed E-state index contributed by atoms with van der Waals surface area (Å²) in [7, 11) is 1.44. The van der Waals surface area contributed by atoms with Crippen molar-refractivity contribution in [2.75, 3.05) is 13.7 Å². The molecular formula is C9H14O3. The molecule has 0 radical (unpaired) electrons. The Morgan fingerprint density at radius 3 is 2.83 bits per heavy atom. The third-order valence-electron chi connectivity index (χ3n) is 3.46. The molecule has 3 aliphatic rings. The third kappa shape index (κ3) is 0.891. The molecule has 4 atom stereocenters. The van der Waals surface area contributed by atoms with E-state index >= 15 is 0 Å². The minimum Gasteiger partial charge on any atom is -0.469 e. The van der Waals surface area contributed by atoms with Crippen LogP contribution in [0.2, 0.25) is 0 Å². The molecule has 68 valence electrons. The Morgan fingerprint density at radius 2 is 2.33 bits per heavy atom. The number of carbonyl (C=O) groups is 1. The summed E-state index contributed by atoms with van der Waals surface area (Å²) in [6.45, 7) is 0.231. The van der Waals surface area contributed by atoms with E-state index in [4.69, 9.17) is 9.84 Å². The summed E-state index contributed by atoms with van der Waals surface area (Å²) >= 11 is 0. The number of aliphatic hydroxyl groups is 1. The number of esters is 1. The third-order valence-corrected chi connectivity index (χ3v) is 3.46. The summed E-state index contributed by atoms with van der Waals surface area (Å²) in [6, 6.07) is 0. The first-order chi connectivity index (χ1) is 5.77. The molecule has 0 spiro atoms. The van der Waals surface area contributed by atoms with E-state index < -0.39 is 0 Å². The highest BCUT2D eigenvalue weighted by atomic mass is 16.5. The zero-order chi connectivity index (χ0) is 8.72. The lowest BCUT2D eigenvalue weighted by atomic mass is 9.71. The molecule has 0 heterocycles. The maximum absolute atomic E-state index is 11.2. The zero-order valence-electron chi connectivity index (χ0n) is 7.19. The van der Waals surface area contributed by atoms with Gasteiger partial charge >= 0.3 is 5.97 Å². The van der Waals surface area contributed by atoms with Gasteiger partial charge < -0.3 is 9.84 Å². The van der Waals surface area contributed by atoms with Crippen LogP contribution >= 0.6 is 0 Å². The van der Waals surface area contributed by atoms with Gasteiger partial charge in [0.2, 0.25) is 0 Å². The lowest BCUT2D eigenvalue weighted by Crippen LogP contribution is -2.37. The van der Waals surface area contributed by atoms with Gasteiger partial charge in [-0.3, -0.25) is 4.79 Å². The molecule has 3 aliphatic carbocycles. The van der Waals surface area contributed by atoms with Crippen LogP contribution in [0.5, 0.6) is 0 Å². The van der Waals surface area contributed by atoms with Crippen LogP contribution in [0.1, 0.15) is 12.8 Å². The van der Waals surface area contributed by atoms with E-state index in [9.17, 15) is 4.79 Å². The van der Waals surface area contributed by atoms with Gasteiger partial charge in [0.05, 0.1) is 13.0 Å². The molecular weight excluding hydrogens is 156 g/mol. The molecule has 3 saturated carbocycles. The average molecular weight is 170 g/mol. The second kappa shape index (κ2) is 2.73. The van der Waals surface area contributed by atoms with E-state index in [0.717, 1.165) is 12.8 Å². The smallest absolute Gasteiger partial charge is 0.309 e. The number of carbonyl (C=O) groups excluding carboxylic acids is 1. The lowest BCUT2D eigenvalue weighted by Gasteiger charge is -2.34. The molecule has 0 amide bonds. The van der Waals surface area contributed by atoms with Crippen LogP contribution in [0.3, 0.4) is 0 Å². The fraction of sp³-hybridized carbons (Fsp3) is 0.889. The van der Waals surface area contributed by atoms with Crippen LogP contribution < -0.4 is 0 Å². The van der Waals surface area contributed by atoms with Crippen LogP contribution in [0.15, 0.2) is 0 Å². The van der Waals surface area contributed by atoms with Crippen LogP contribution in [0.4, 0.5) is 0 Å². The minimum atomic E-state index is -0.0767. The van der Waals surface area contributed by atoms with Gasteiger partial charge in [-0.25, -0.2) is 0 Å². The van der Waals surface area contributed by atoms with Gasteiger partial charge in [0.25, 0.3) is 0 Å². The molecule has 1 N–H and O–H groups in total. The molecule has 0 aromatic carbocycles. The second-order valence-corrected chi connectivity index (χ2v) is 3.89. The first-order valence-electron chi connectivity index (χ1n) is 4.46. The molecule has 3 fully saturated rings. The highest BCUT2D eigenvalue weighted by molar-refractivity contribution is 5.74. The Balaban J connectivity index is 2.01. The predicted molar refractivity (Wildman–Crippen MR) is 42.3 cm³/mol. The number of hydrogen-bond acceptors (Lipinski definition) is 3. The highest BCUT2D eigenvalue weighted by Crippen LogP contribution is 2.57. The number of ether oxygens (including phenoxy) is 1. The predicted octanol–water partition coefficient (Wildman–Crippen LogP) is 0.424. The second-order valence-electron chi connectivity index (χ2n) is 3.89. The molecule has 0 saturated heterocycles. The van der Waals surface area contributed by atoms with E-state index in [1.54, 1.807) is 0 Å². The van der Waals surface area contributed by atoms with Crippen molar-refractivity contribution in [3.63, 3.8) is 0 Å². The van der Waals surface area contributed by atoms with Crippen LogP contribution in [0.25, 0.3) is 0 Å². The van der Waals surface area contributed by atoms with Crippen molar-refractivity contribution in [3.8, 4) is 0 Å². The summed E-state index contributed by atoms with van der Waals surface area (Å²) in [5.41, 5.74) is 0. The minimum absolute atomic E-state index is 0.0767. The molecule has 3 heteroatoms. The first-order valence-corrected chi connectivity index (χ1v) is 4.46. The molecule has 3 rings (SSSR count). The van der Waals surface area contributed by atoms with Crippen molar-refractivity contribution in [2.24, 2.45) is 23.7 Å². The van der Waals surface area contributed by atoms with Crippen molar-refractivity contribution in [1.82, 2.24) is 0 Å². The van der Waals surface area contributed by atoms with E-state index in [1.807, 2.05) is 0 Å². The van der Waals surface area contributed by atoms with E-state index in [0.29, 0.717) is 17.8 Å². The summed E-state index contributed by atoms with van der Waals surface area (Å²) in [5, 5.41) is 8.98. The monoisotopic (exact) mass is 170 g/mol. The molecule has 0 aliphatic heterocycles. The summed E-state index contributed by atoms with van der Waals surface area (Å²) in [6.07, 6.45) is 2.13. The normalized spacial score (nSPS) is 43.8. The number of rotatable bonds is 2. The van der Waals surface area contributed by atoms with Gasteiger partial charge in [-0.05, 0) is 30.6 Å². The van der Waals surface area contributed by atoms with Crippen molar-refractivity contribution in [1.29, 1.82) is 0 Å². The molecule has 0 unspecified atom stereocenters. The Bertz CT molecular complexity index is 202. The molecule has 0 aromatic rings. The van der Waals surface area contributed by atoms with Crippen LogP contribution in [0, 0.1) is 23.7 Å². The van der Waals surface area contributed by atoms with Gasteiger partial charge in [-0.15, -0.1) is 0 Å². The number of methoxy groups -OCH3 is 1. The van der Waals surface area contributed by atoms with Gasteiger partial charge in [0, 0.05) is 6.61 Å². The van der Waals surface area contributed by atoms with E-state index in [1.165, 1.54) is 7.11 Å². The number of aliphatic hydroxyl groups excluding tert-OH is 1. The lowest BCUT2D eigenvalue weighted by molar-refractivity contribution is -0.153. The fourth-order valence-corrected chi connectivity index (χ4v) is 2.80. The molecule has 3 nitrogen and oxygen atoms in total. The summed E-state index contributed by atoms with van der Waals surface area (Å²) in [5.74, 6) is 1.30. The number of fused-ring (bicyclic) bond motifs is 1. The SMILES string of the molecule is COC(=O)[C@@H]1[C@H]2C[C@H](CO)[C@@H]1C2. The zero-order valence-corrected chi connectivity index (χ0v) is 7.19. The topological polar surface area (TPSA) is 46.5 Å². The Labute approximate surface area is 71.7 Å². The summed E-state index contributed by atoms with van der Waals surface area (Å²) < 4.78 is 4.71. The van der Waals surface area contributed by atoms with Crippen molar-refractivity contribution in [3.05, 3.63) is 0 Å². The van der Waals surface area contributed by atoms with Crippen molar-refractivity contribution < 1.29 is 14.6 Å². The standard InChI is InChI=1S/C9H14O3/c1-12-9(11)8-5-2-6(4-10)7(8)3-5/h5-8,10H,2-4H2,1H3/t5-,6+,7-,8+/m0/s1. The first kappa shape index (κ1) is 8.05.